The van der Waals surface area contributed by atoms with Gasteiger partial charge >= 0.3 is 5.97 Å². The van der Waals surface area contributed by atoms with E-state index in [1.54, 1.807) is 0 Å². The molecule has 0 aliphatic carbocycles. The first kappa shape index (κ1) is 20.3. The number of hydrogen-bond donors (Lipinski definition) is 1. The predicted octanol–water partition coefficient (Wildman–Crippen LogP) is 3.21. The number of carboxylic acid groups (broad SMARTS) is 1. The number of ether oxygens (including phenoxy) is 1. The van der Waals surface area contributed by atoms with E-state index in [9.17, 15) is 9.90 Å². The van der Waals surface area contributed by atoms with Crippen LogP contribution in [0.1, 0.15) is 48.4 Å². The van der Waals surface area contributed by atoms with Crippen LogP contribution in [-0.4, -0.2) is 59.8 Å². The number of aliphatic carboxylic acids is 1. The number of benzene rings is 1. The lowest BCUT2D eigenvalue weighted by atomic mass is 9.96. The van der Waals surface area contributed by atoms with E-state index in [1.165, 1.54) is 48.2 Å². The monoisotopic (exact) mass is 374 g/mol. The van der Waals surface area contributed by atoms with Gasteiger partial charge in [-0.05, 0) is 68.0 Å². The number of nitrogens with zero attached hydrogens (tertiary/aromatic N) is 2. The molecule has 5 nitrogen and oxygen atoms in total. The molecule has 1 aromatic rings. The lowest BCUT2D eigenvalue weighted by Gasteiger charge is -2.35. The van der Waals surface area contributed by atoms with Crippen LogP contribution in [0.3, 0.4) is 0 Å². The average molecular weight is 375 g/mol. The Labute approximate surface area is 163 Å². The van der Waals surface area contributed by atoms with Crippen molar-refractivity contribution in [2.45, 2.75) is 59.2 Å². The molecule has 2 aliphatic rings. The Hall–Kier alpha value is -1.43. The Morgan fingerprint density at radius 2 is 1.78 bits per heavy atom. The molecule has 0 radical (unpaired) electrons. The summed E-state index contributed by atoms with van der Waals surface area (Å²) in [5, 5.41) is 9.20. The van der Waals surface area contributed by atoms with Crippen LogP contribution in [0.4, 0.5) is 0 Å². The number of carboxylic acids is 1. The van der Waals surface area contributed by atoms with E-state index in [0.717, 1.165) is 25.6 Å². The van der Waals surface area contributed by atoms with Crippen molar-refractivity contribution in [3.63, 3.8) is 0 Å². The largest absolute Gasteiger partial charge is 0.481 e. The molecule has 0 spiro atoms. The van der Waals surface area contributed by atoms with E-state index < -0.39 is 5.97 Å². The first-order valence-corrected chi connectivity index (χ1v) is 10.3. The van der Waals surface area contributed by atoms with Gasteiger partial charge in [0.25, 0.3) is 0 Å². The zero-order valence-corrected chi connectivity index (χ0v) is 17.0. The normalized spacial score (nSPS) is 22.9. The second-order valence-electron chi connectivity index (χ2n) is 8.46. The quantitative estimate of drug-likeness (QED) is 0.829. The Bertz CT molecular complexity index is 653. The fourth-order valence-electron chi connectivity index (χ4n) is 4.26. The summed E-state index contributed by atoms with van der Waals surface area (Å²) in [7, 11) is 0. The van der Waals surface area contributed by atoms with Crippen LogP contribution < -0.4 is 0 Å². The molecule has 0 unspecified atom stereocenters. The molecule has 5 heteroatoms. The zero-order valence-electron chi connectivity index (χ0n) is 17.0. The molecule has 1 aromatic carbocycles. The van der Waals surface area contributed by atoms with Gasteiger partial charge in [-0.2, -0.15) is 0 Å². The molecule has 2 aliphatic heterocycles. The minimum absolute atomic E-state index is 0.0380. The number of carbonyl (C=O) groups is 1. The Morgan fingerprint density at radius 1 is 1.11 bits per heavy atom. The second-order valence-corrected chi connectivity index (χ2v) is 8.46. The maximum absolute atomic E-state index is 11.2. The first-order valence-electron chi connectivity index (χ1n) is 10.3. The summed E-state index contributed by atoms with van der Waals surface area (Å²) in [4.78, 5) is 16.0. The Balaban J connectivity index is 1.71. The lowest BCUT2D eigenvalue weighted by molar-refractivity contribution is -0.140. The van der Waals surface area contributed by atoms with E-state index in [1.807, 2.05) is 0 Å². The number of hydrogen-bond acceptors (Lipinski definition) is 4. The van der Waals surface area contributed by atoms with Gasteiger partial charge in [0.15, 0.2) is 0 Å². The lowest BCUT2D eigenvalue weighted by Crippen LogP contribution is -2.46. The summed E-state index contributed by atoms with van der Waals surface area (Å²) in [5.41, 5.74) is 5.38. The minimum Gasteiger partial charge on any atom is -0.481 e. The summed E-state index contributed by atoms with van der Waals surface area (Å²) in [6, 6.07) is 4.61. The van der Waals surface area contributed by atoms with Crippen LogP contribution >= 0.6 is 0 Å². The molecule has 27 heavy (non-hydrogen) atoms. The molecule has 1 atom stereocenters. The van der Waals surface area contributed by atoms with Crippen LogP contribution in [0.5, 0.6) is 0 Å². The van der Waals surface area contributed by atoms with Crippen LogP contribution in [0.2, 0.25) is 0 Å². The van der Waals surface area contributed by atoms with Crippen molar-refractivity contribution in [1.29, 1.82) is 0 Å². The molecule has 0 saturated carbocycles. The number of aryl methyl sites for hydroxylation is 2. The molecule has 0 bridgehead atoms. The SMILES string of the molecule is Cc1cc(C)c(CN2CCOC[C@H]2CC(=O)O)cc1CN1CCC(C)CC1. The first-order chi connectivity index (χ1) is 12.9. The number of likely N-dealkylation sites (tertiary alicyclic amines) is 1. The van der Waals surface area contributed by atoms with Crippen molar-refractivity contribution in [3.05, 3.63) is 34.4 Å². The highest BCUT2D eigenvalue weighted by atomic mass is 16.5. The van der Waals surface area contributed by atoms with E-state index in [4.69, 9.17) is 4.74 Å². The van der Waals surface area contributed by atoms with Crippen molar-refractivity contribution >= 4 is 5.97 Å². The molecule has 150 valence electrons. The molecule has 2 heterocycles. The Morgan fingerprint density at radius 3 is 2.44 bits per heavy atom. The van der Waals surface area contributed by atoms with Gasteiger partial charge in [0.05, 0.1) is 19.6 Å². The van der Waals surface area contributed by atoms with E-state index in [0.29, 0.717) is 13.2 Å². The van der Waals surface area contributed by atoms with E-state index >= 15 is 0 Å². The second kappa shape index (κ2) is 9.18. The fourth-order valence-corrected chi connectivity index (χ4v) is 4.26. The van der Waals surface area contributed by atoms with Gasteiger partial charge in [-0.15, -0.1) is 0 Å². The van der Waals surface area contributed by atoms with Gasteiger partial charge in [0.1, 0.15) is 0 Å². The van der Waals surface area contributed by atoms with Crippen LogP contribution in [0.15, 0.2) is 12.1 Å². The summed E-state index contributed by atoms with van der Waals surface area (Å²) in [5.74, 6) is 0.0968. The minimum atomic E-state index is -0.754. The van der Waals surface area contributed by atoms with Crippen molar-refractivity contribution in [2.24, 2.45) is 5.92 Å². The molecular weight excluding hydrogens is 340 g/mol. The highest BCUT2D eigenvalue weighted by molar-refractivity contribution is 5.67. The topological polar surface area (TPSA) is 53.0 Å². The standard InChI is InChI=1S/C22H34N2O3/c1-16-4-6-23(7-5-16)13-19-11-20(18(3)10-17(19)2)14-24-8-9-27-15-21(24)12-22(25)26/h10-11,16,21H,4-9,12-15H2,1-3H3,(H,25,26)/t21-/m1/s1. The van der Waals surface area contributed by atoms with Crippen LogP contribution in [-0.2, 0) is 22.6 Å². The third kappa shape index (κ3) is 5.53. The van der Waals surface area contributed by atoms with Crippen LogP contribution in [0.25, 0.3) is 0 Å². The van der Waals surface area contributed by atoms with Crippen molar-refractivity contribution in [2.75, 3.05) is 32.8 Å². The molecule has 1 N–H and O–H groups in total. The average Bonchev–Trinajstić information content (AvgIpc) is 2.62. The highest BCUT2D eigenvalue weighted by Gasteiger charge is 2.26. The molecule has 0 amide bonds. The Kier molecular flexibility index (Phi) is 6.90. The molecule has 2 saturated heterocycles. The van der Waals surface area contributed by atoms with E-state index in [2.05, 4.69) is 42.7 Å². The van der Waals surface area contributed by atoms with Gasteiger partial charge in [-0.3, -0.25) is 14.6 Å². The van der Waals surface area contributed by atoms with Gasteiger partial charge < -0.3 is 9.84 Å². The molecule has 2 fully saturated rings. The zero-order chi connectivity index (χ0) is 19.4. The third-order valence-electron chi connectivity index (χ3n) is 6.20. The van der Waals surface area contributed by atoms with Gasteiger partial charge in [-0.25, -0.2) is 0 Å². The number of rotatable bonds is 6. The molecule has 3 rings (SSSR count). The molecule has 0 aromatic heterocycles. The maximum atomic E-state index is 11.2. The van der Waals surface area contributed by atoms with Crippen molar-refractivity contribution in [3.8, 4) is 0 Å². The number of piperidine rings is 1. The highest BCUT2D eigenvalue weighted by Crippen LogP contribution is 2.24. The smallest absolute Gasteiger partial charge is 0.305 e. The third-order valence-corrected chi connectivity index (χ3v) is 6.20. The van der Waals surface area contributed by atoms with Crippen molar-refractivity contribution < 1.29 is 14.6 Å². The number of morpholine rings is 1. The summed E-state index contributed by atoms with van der Waals surface area (Å²) in [6.07, 6.45) is 2.73. The van der Waals surface area contributed by atoms with Gasteiger partial charge in [0, 0.05) is 25.7 Å². The van der Waals surface area contributed by atoms with E-state index in [-0.39, 0.29) is 12.5 Å². The van der Waals surface area contributed by atoms with Gasteiger partial charge in [0.2, 0.25) is 0 Å². The van der Waals surface area contributed by atoms with Crippen molar-refractivity contribution in [1.82, 2.24) is 9.80 Å². The summed E-state index contributed by atoms with van der Waals surface area (Å²) < 4.78 is 5.52. The fraction of sp³-hybridized carbons (Fsp3) is 0.682. The van der Waals surface area contributed by atoms with Crippen LogP contribution in [0, 0.1) is 19.8 Å². The maximum Gasteiger partial charge on any atom is 0.305 e. The summed E-state index contributed by atoms with van der Waals surface area (Å²) >= 11 is 0. The summed E-state index contributed by atoms with van der Waals surface area (Å²) in [6.45, 7) is 12.9. The predicted molar refractivity (Wildman–Crippen MR) is 107 cm³/mol. The van der Waals surface area contributed by atoms with Gasteiger partial charge in [-0.1, -0.05) is 19.1 Å². The molecular formula is C22H34N2O3.